The van der Waals surface area contributed by atoms with Crippen LogP contribution in [0.1, 0.15) is 48.4 Å². The van der Waals surface area contributed by atoms with Crippen LogP contribution in [0.5, 0.6) is 0 Å². The van der Waals surface area contributed by atoms with Crippen molar-refractivity contribution in [1.29, 1.82) is 5.26 Å². The number of benzene rings is 2. The highest BCUT2D eigenvalue weighted by molar-refractivity contribution is 5.98. The summed E-state index contributed by atoms with van der Waals surface area (Å²) in [5.41, 5.74) is 13.4. The minimum absolute atomic E-state index is 0.495. The third-order valence-corrected chi connectivity index (χ3v) is 6.46. The standard InChI is InChI=1S/C24H28N4/c1-15-11-24-21(12-17(15)13-25)22(20-5-4-6-23(26)16(20)2)14-28(24)19-9-7-18(27-3)8-10-19/h4-6,11-12,14,18-19,27H,7-10,26H2,1-3H3. The van der Waals surface area contributed by atoms with E-state index in [-0.39, 0.29) is 0 Å². The van der Waals surface area contributed by atoms with Crippen molar-refractivity contribution in [3.63, 3.8) is 0 Å². The van der Waals surface area contributed by atoms with Gasteiger partial charge in [-0.3, -0.25) is 0 Å². The second-order valence-electron chi connectivity index (χ2n) is 8.06. The number of nitrogens with zero attached hydrogens (tertiary/aromatic N) is 2. The molecule has 4 heteroatoms. The normalized spacial score (nSPS) is 19.6. The molecule has 0 unspecified atom stereocenters. The van der Waals surface area contributed by atoms with E-state index in [2.05, 4.69) is 54.3 Å². The number of rotatable bonds is 3. The van der Waals surface area contributed by atoms with Crippen molar-refractivity contribution in [2.75, 3.05) is 12.8 Å². The maximum Gasteiger partial charge on any atom is 0.0994 e. The zero-order valence-electron chi connectivity index (χ0n) is 16.9. The van der Waals surface area contributed by atoms with Gasteiger partial charge in [0, 0.05) is 40.4 Å². The van der Waals surface area contributed by atoms with Gasteiger partial charge in [-0.15, -0.1) is 0 Å². The van der Waals surface area contributed by atoms with Gasteiger partial charge in [0.1, 0.15) is 0 Å². The van der Waals surface area contributed by atoms with Crippen molar-refractivity contribution < 1.29 is 0 Å². The Labute approximate surface area is 167 Å². The summed E-state index contributed by atoms with van der Waals surface area (Å²) in [6.07, 6.45) is 7.02. The number of hydrogen-bond donors (Lipinski definition) is 2. The van der Waals surface area contributed by atoms with E-state index in [4.69, 9.17) is 5.73 Å². The molecule has 0 atom stereocenters. The monoisotopic (exact) mass is 372 g/mol. The van der Waals surface area contributed by atoms with Crippen molar-refractivity contribution >= 4 is 16.6 Å². The fourth-order valence-electron chi connectivity index (χ4n) is 4.63. The number of nitrogens with two attached hydrogens (primary N) is 1. The Balaban J connectivity index is 1.91. The van der Waals surface area contributed by atoms with Crippen molar-refractivity contribution in [1.82, 2.24) is 9.88 Å². The first kappa shape index (κ1) is 18.6. The summed E-state index contributed by atoms with van der Waals surface area (Å²) in [5, 5.41) is 14.1. The van der Waals surface area contributed by atoms with Crippen molar-refractivity contribution in [2.45, 2.75) is 51.6 Å². The smallest absolute Gasteiger partial charge is 0.0994 e. The summed E-state index contributed by atoms with van der Waals surface area (Å²) in [6, 6.07) is 13.8. The fraction of sp³-hybridized carbons (Fsp3) is 0.375. The zero-order valence-corrected chi connectivity index (χ0v) is 16.9. The van der Waals surface area contributed by atoms with Crippen LogP contribution in [0, 0.1) is 25.2 Å². The predicted molar refractivity (Wildman–Crippen MR) is 116 cm³/mol. The zero-order chi connectivity index (χ0) is 19.8. The topological polar surface area (TPSA) is 66.8 Å². The highest BCUT2D eigenvalue weighted by Gasteiger charge is 2.24. The summed E-state index contributed by atoms with van der Waals surface area (Å²) in [5.74, 6) is 0. The molecule has 1 aliphatic carbocycles. The van der Waals surface area contributed by atoms with E-state index in [0.717, 1.165) is 33.3 Å². The number of anilines is 1. The quantitative estimate of drug-likeness (QED) is 0.630. The van der Waals surface area contributed by atoms with Crippen molar-refractivity contribution in [2.24, 2.45) is 0 Å². The first-order valence-electron chi connectivity index (χ1n) is 10.1. The van der Waals surface area contributed by atoms with E-state index in [1.165, 1.54) is 36.8 Å². The molecule has 0 spiro atoms. The molecule has 28 heavy (non-hydrogen) atoms. The molecule has 0 saturated heterocycles. The lowest BCUT2D eigenvalue weighted by atomic mass is 9.91. The molecule has 4 rings (SSSR count). The second-order valence-corrected chi connectivity index (χ2v) is 8.06. The largest absolute Gasteiger partial charge is 0.398 e. The van der Waals surface area contributed by atoms with Gasteiger partial charge in [0.2, 0.25) is 0 Å². The lowest BCUT2D eigenvalue weighted by Crippen LogP contribution is -2.30. The molecule has 4 nitrogen and oxygen atoms in total. The average molecular weight is 373 g/mol. The van der Waals surface area contributed by atoms with Gasteiger partial charge >= 0.3 is 0 Å². The summed E-state index contributed by atoms with van der Waals surface area (Å²) < 4.78 is 2.45. The number of nitriles is 1. The van der Waals surface area contributed by atoms with E-state index in [1.807, 2.05) is 19.1 Å². The summed E-state index contributed by atoms with van der Waals surface area (Å²) in [6.45, 7) is 4.10. The van der Waals surface area contributed by atoms with Crippen LogP contribution in [0.4, 0.5) is 5.69 Å². The Morgan fingerprint density at radius 1 is 1.11 bits per heavy atom. The van der Waals surface area contributed by atoms with Gasteiger partial charge in [-0.05, 0) is 81.5 Å². The minimum Gasteiger partial charge on any atom is -0.398 e. The highest BCUT2D eigenvalue weighted by Crippen LogP contribution is 2.39. The van der Waals surface area contributed by atoms with E-state index in [9.17, 15) is 5.26 Å². The van der Waals surface area contributed by atoms with Crippen LogP contribution in [0.15, 0.2) is 36.5 Å². The average Bonchev–Trinajstić information content (AvgIpc) is 3.07. The number of fused-ring (bicyclic) bond motifs is 1. The molecule has 3 N–H and O–H groups in total. The maximum absolute atomic E-state index is 9.57. The van der Waals surface area contributed by atoms with Crippen LogP contribution >= 0.6 is 0 Å². The Bertz CT molecular complexity index is 1060. The Hall–Kier alpha value is -2.77. The van der Waals surface area contributed by atoms with Crippen LogP contribution in [0.3, 0.4) is 0 Å². The number of aromatic nitrogens is 1. The van der Waals surface area contributed by atoms with Crippen molar-refractivity contribution in [3.05, 3.63) is 53.2 Å². The third-order valence-electron chi connectivity index (χ3n) is 6.46. The van der Waals surface area contributed by atoms with Crippen LogP contribution in [0.2, 0.25) is 0 Å². The number of hydrogen-bond acceptors (Lipinski definition) is 3. The molecule has 1 aliphatic rings. The number of nitrogens with one attached hydrogen (secondary N) is 1. The van der Waals surface area contributed by atoms with E-state index in [0.29, 0.717) is 12.1 Å². The van der Waals surface area contributed by atoms with Gasteiger partial charge in [0.15, 0.2) is 0 Å². The predicted octanol–water partition coefficient (Wildman–Crippen LogP) is 5.08. The van der Waals surface area contributed by atoms with Crippen molar-refractivity contribution in [3.8, 4) is 17.2 Å². The maximum atomic E-state index is 9.57. The van der Waals surface area contributed by atoms with Gasteiger partial charge in [-0.2, -0.15) is 5.26 Å². The molecule has 1 aromatic heterocycles. The van der Waals surface area contributed by atoms with E-state index < -0.39 is 0 Å². The van der Waals surface area contributed by atoms with Gasteiger partial charge < -0.3 is 15.6 Å². The van der Waals surface area contributed by atoms with Gasteiger partial charge in [-0.25, -0.2) is 0 Å². The van der Waals surface area contributed by atoms with Gasteiger partial charge in [0.25, 0.3) is 0 Å². The molecular weight excluding hydrogens is 344 g/mol. The lowest BCUT2D eigenvalue weighted by Gasteiger charge is -2.30. The molecule has 0 aliphatic heterocycles. The molecule has 0 amide bonds. The molecular formula is C24H28N4. The van der Waals surface area contributed by atoms with Gasteiger partial charge in [-0.1, -0.05) is 12.1 Å². The summed E-state index contributed by atoms with van der Waals surface area (Å²) in [7, 11) is 2.06. The SMILES string of the molecule is CNC1CCC(n2cc(-c3cccc(N)c3C)c3cc(C#N)c(C)cc32)CC1. The first-order chi connectivity index (χ1) is 13.5. The molecule has 3 aromatic rings. The Morgan fingerprint density at radius 2 is 1.86 bits per heavy atom. The van der Waals surface area contributed by atoms with Crippen LogP contribution < -0.4 is 11.1 Å². The molecule has 0 bridgehead atoms. The van der Waals surface area contributed by atoms with E-state index >= 15 is 0 Å². The number of aryl methyl sites for hydroxylation is 1. The number of nitrogen functional groups attached to an aromatic ring is 1. The Morgan fingerprint density at radius 3 is 2.54 bits per heavy atom. The Kier molecular flexibility index (Phi) is 4.87. The molecule has 1 saturated carbocycles. The lowest BCUT2D eigenvalue weighted by molar-refractivity contribution is 0.305. The minimum atomic E-state index is 0.495. The molecule has 0 radical (unpaired) electrons. The summed E-state index contributed by atoms with van der Waals surface area (Å²) >= 11 is 0. The fourth-order valence-corrected chi connectivity index (χ4v) is 4.63. The van der Waals surface area contributed by atoms with Gasteiger partial charge in [0.05, 0.1) is 11.6 Å². The van der Waals surface area contributed by atoms with Crippen LogP contribution in [-0.2, 0) is 0 Å². The molecule has 1 heterocycles. The van der Waals surface area contributed by atoms with Crippen LogP contribution in [0.25, 0.3) is 22.0 Å². The summed E-state index contributed by atoms with van der Waals surface area (Å²) in [4.78, 5) is 0. The second kappa shape index (κ2) is 7.33. The van der Waals surface area contributed by atoms with E-state index in [1.54, 1.807) is 0 Å². The highest BCUT2D eigenvalue weighted by atomic mass is 15.0. The van der Waals surface area contributed by atoms with Crippen LogP contribution in [-0.4, -0.2) is 17.7 Å². The molecule has 1 fully saturated rings. The molecule has 2 aromatic carbocycles. The first-order valence-corrected chi connectivity index (χ1v) is 10.1. The molecule has 144 valence electrons. The third kappa shape index (κ3) is 3.06.